The van der Waals surface area contributed by atoms with Crippen molar-refractivity contribution in [2.75, 3.05) is 5.73 Å². The topological polar surface area (TPSA) is 64.3 Å². The summed E-state index contributed by atoms with van der Waals surface area (Å²) >= 11 is 0. The Balaban J connectivity index is 1.92. The van der Waals surface area contributed by atoms with Gasteiger partial charge in [-0.3, -0.25) is 4.79 Å². The zero-order chi connectivity index (χ0) is 16.8. The fourth-order valence-electron chi connectivity index (χ4n) is 2.37. The minimum absolute atomic E-state index is 0.0226. The molecule has 1 atom stereocenters. The number of nitrogens with two attached hydrogens (primary N) is 1. The first-order valence-electron chi connectivity index (χ1n) is 7.84. The summed E-state index contributed by atoms with van der Waals surface area (Å²) in [7, 11) is 0. The monoisotopic (exact) mass is 312 g/mol. The van der Waals surface area contributed by atoms with Crippen LogP contribution < -0.4 is 15.8 Å². The lowest BCUT2D eigenvalue weighted by molar-refractivity contribution is -0.121. The van der Waals surface area contributed by atoms with E-state index in [0.29, 0.717) is 12.1 Å². The number of carbonyl (C=O) groups is 1. The van der Waals surface area contributed by atoms with Crippen molar-refractivity contribution in [1.82, 2.24) is 5.32 Å². The molecule has 0 aliphatic rings. The van der Waals surface area contributed by atoms with Gasteiger partial charge in [0, 0.05) is 5.69 Å². The van der Waals surface area contributed by atoms with E-state index < -0.39 is 0 Å². The summed E-state index contributed by atoms with van der Waals surface area (Å²) in [5.41, 5.74) is 8.36. The Hall–Kier alpha value is -2.49. The smallest absolute Gasteiger partial charge is 0.224 e. The van der Waals surface area contributed by atoms with Gasteiger partial charge in [-0.25, -0.2) is 0 Å². The van der Waals surface area contributed by atoms with Gasteiger partial charge >= 0.3 is 0 Å². The van der Waals surface area contributed by atoms with Crippen LogP contribution in [0.3, 0.4) is 0 Å². The largest absolute Gasteiger partial charge is 0.491 e. The molecule has 0 saturated carbocycles. The van der Waals surface area contributed by atoms with Crippen molar-refractivity contribution in [2.24, 2.45) is 0 Å². The highest BCUT2D eigenvalue weighted by Gasteiger charge is 2.10. The normalized spacial score (nSPS) is 12.0. The molecule has 0 spiro atoms. The van der Waals surface area contributed by atoms with Crippen molar-refractivity contribution in [2.45, 2.75) is 39.3 Å². The van der Waals surface area contributed by atoms with Crippen LogP contribution in [-0.2, 0) is 11.2 Å². The van der Waals surface area contributed by atoms with E-state index in [-0.39, 0.29) is 18.1 Å². The summed E-state index contributed by atoms with van der Waals surface area (Å²) in [6, 6.07) is 15.1. The first kappa shape index (κ1) is 16.9. The Kier molecular flexibility index (Phi) is 5.63. The highest BCUT2D eigenvalue weighted by atomic mass is 16.5. The highest BCUT2D eigenvalue weighted by Crippen LogP contribution is 2.18. The molecule has 0 aliphatic heterocycles. The van der Waals surface area contributed by atoms with Crippen molar-refractivity contribution >= 4 is 11.6 Å². The van der Waals surface area contributed by atoms with Gasteiger partial charge in [0.05, 0.1) is 18.6 Å². The predicted octanol–water partition coefficient (Wildman–Crippen LogP) is 3.48. The Morgan fingerprint density at radius 3 is 2.43 bits per heavy atom. The fourth-order valence-corrected chi connectivity index (χ4v) is 2.37. The molecule has 122 valence electrons. The minimum atomic E-state index is -0.0586. The number of carbonyl (C=O) groups excluding carboxylic acids is 1. The standard InChI is InChI=1S/C19H24N2O2/c1-13(2)23-18-9-7-16(8-10-18)14(3)21-19(22)12-15-5-4-6-17(20)11-15/h4-11,13-14H,12,20H2,1-3H3,(H,21,22). The lowest BCUT2D eigenvalue weighted by Crippen LogP contribution is -2.28. The molecule has 4 nitrogen and oxygen atoms in total. The predicted molar refractivity (Wildman–Crippen MR) is 93.3 cm³/mol. The van der Waals surface area contributed by atoms with Crippen LogP contribution in [0.25, 0.3) is 0 Å². The number of nitrogen functional groups attached to an aromatic ring is 1. The second kappa shape index (κ2) is 7.68. The van der Waals surface area contributed by atoms with Gasteiger partial charge in [0.2, 0.25) is 5.91 Å². The number of ether oxygens (including phenoxy) is 1. The molecule has 1 amide bonds. The molecular formula is C19H24N2O2. The van der Waals surface area contributed by atoms with E-state index in [1.807, 2.05) is 69.3 Å². The van der Waals surface area contributed by atoms with E-state index in [1.165, 1.54) is 0 Å². The van der Waals surface area contributed by atoms with Crippen LogP contribution in [0.1, 0.15) is 37.9 Å². The maximum absolute atomic E-state index is 12.1. The highest BCUT2D eigenvalue weighted by molar-refractivity contribution is 5.79. The average Bonchev–Trinajstić information content (AvgIpc) is 2.47. The Bertz CT molecular complexity index is 651. The number of amides is 1. The molecule has 0 radical (unpaired) electrons. The molecule has 2 aromatic rings. The Labute approximate surface area is 137 Å². The van der Waals surface area contributed by atoms with Gasteiger partial charge in [-0.1, -0.05) is 24.3 Å². The van der Waals surface area contributed by atoms with E-state index in [1.54, 1.807) is 0 Å². The maximum Gasteiger partial charge on any atom is 0.224 e. The SMILES string of the molecule is CC(C)Oc1ccc(C(C)NC(=O)Cc2cccc(N)c2)cc1. The third-order valence-electron chi connectivity index (χ3n) is 3.45. The first-order chi connectivity index (χ1) is 10.9. The van der Waals surface area contributed by atoms with Crippen LogP contribution in [0.2, 0.25) is 0 Å². The van der Waals surface area contributed by atoms with E-state index in [2.05, 4.69) is 5.32 Å². The summed E-state index contributed by atoms with van der Waals surface area (Å²) in [6.45, 7) is 5.95. The van der Waals surface area contributed by atoms with Gasteiger partial charge in [0.1, 0.15) is 5.75 Å². The van der Waals surface area contributed by atoms with Gasteiger partial charge < -0.3 is 15.8 Å². The molecule has 0 aliphatic carbocycles. The molecule has 0 heterocycles. The molecule has 0 aromatic heterocycles. The van der Waals surface area contributed by atoms with Crippen LogP contribution >= 0.6 is 0 Å². The van der Waals surface area contributed by atoms with E-state index in [9.17, 15) is 4.79 Å². The zero-order valence-corrected chi connectivity index (χ0v) is 13.9. The Morgan fingerprint density at radius 1 is 1.13 bits per heavy atom. The number of nitrogens with one attached hydrogen (secondary N) is 1. The second-order valence-corrected chi connectivity index (χ2v) is 5.95. The molecule has 4 heteroatoms. The van der Waals surface area contributed by atoms with E-state index in [4.69, 9.17) is 10.5 Å². The van der Waals surface area contributed by atoms with Crippen molar-refractivity contribution in [3.8, 4) is 5.75 Å². The summed E-state index contributed by atoms with van der Waals surface area (Å²) in [5.74, 6) is 0.813. The maximum atomic E-state index is 12.1. The summed E-state index contributed by atoms with van der Waals surface area (Å²) in [5, 5.41) is 3.00. The quantitative estimate of drug-likeness (QED) is 0.803. The minimum Gasteiger partial charge on any atom is -0.491 e. The first-order valence-corrected chi connectivity index (χ1v) is 7.84. The third-order valence-corrected chi connectivity index (χ3v) is 3.45. The molecule has 0 saturated heterocycles. The van der Waals surface area contributed by atoms with Gasteiger partial charge in [-0.2, -0.15) is 0 Å². The molecule has 2 rings (SSSR count). The van der Waals surface area contributed by atoms with Crippen LogP contribution in [0.4, 0.5) is 5.69 Å². The van der Waals surface area contributed by atoms with Gasteiger partial charge in [0.25, 0.3) is 0 Å². The number of rotatable bonds is 6. The van der Waals surface area contributed by atoms with Crippen molar-refractivity contribution in [3.63, 3.8) is 0 Å². The van der Waals surface area contributed by atoms with E-state index in [0.717, 1.165) is 16.9 Å². The van der Waals surface area contributed by atoms with Crippen molar-refractivity contribution < 1.29 is 9.53 Å². The van der Waals surface area contributed by atoms with Gasteiger partial charge in [-0.05, 0) is 56.2 Å². The van der Waals surface area contributed by atoms with Crippen molar-refractivity contribution in [3.05, 3.63) is 59.7 Å². The zero-order valence-electron chi connectivity index (χ0n) is 13.9. The van der Waals surface area contributed by atoms with Gasteiger partial charge in [0.15, 0.2) is 0 Å². The van der Waals surface area contributed by atoms with Gasteiger partial charge in [-0.15, -0.1) is 0 Å². The lowest BCUT2D eigenvalue weighted by atomic mass is 10.1. The van der Waals surface area contributed by atoms with Crippen LogP contribution in [0, 0.1) is 0 Å². The average molecular weight is 312 g/mol. The molecule has 0 bridgehead atoms. The molecular weight excluding hydrogens is 288 g/mol. The van der Waals surface area contributed by atoms with Crippen LogP contribution in [-0.4, -0.2) is 12.0 Å². The number of hydrogen-bond donors (Lipinski definition) is 2. The Morgan fingerprint density at radius 2 is 1.83 bits per heavy atom. The molecule has 2 aromatic carbocycles. The van der Waals surface area contributed by atoms with Crippen molar-refractivity contribution in [1.29, 1.82) is 0 Å². The second-order valence-electron chi connectivity index (χ2n) is 5.95. The molecule has 0 fully saturated rings. The molecule has 3 N–H and O–H groups in total. The molecule has 1 unspecified atom stereocenters. The molecule has 23 heavy (non-hydrogen) atoms. The summed E-state index contributed by atoms with van der Waals surface area (Å²) in [4.78, 5) is 12.1. The number of benzene rings is 2. The summed E-state index contributed by atoms with van der Waals surface area (Å²) in [6.07, 6.45) is 0.473. The number of hydrogen-bond acceptors (Lipinski definition) is 3. The fraction of sp³-hybridized carbons (Fsp3) is 0.316. The van der Waals surface area contributed by atoms with E-state index >= 15 is 0 Å². The third kappa shape index (κ3) is 5.33. The lowest BCUT2D eigenvalue weighted by Gasteiger charge is -2.16. The van der Waals surface area contributed by atoms with Crippen LogP contribution in [0.5, 0.6) is 5.75 Å². The van der Waals surface area contributed by atoms with Crippen LogP contribution in [0.15, 0.2) is 48.5 Å². The summed E-state index contributed by atoms with van der Waals surface area (Å²) < 4.78 is 5.62. The number of anilines is 1.